The molecule has 0 aliphatic heterocycles. The van der Waals surface area contributed by atoms with Crippen LogP contribution in [0.2, 0.25) is 0 Å². The number of carbonyl (C=O) groups is 1. The summed E-state index contributed by atoms with van der Waals surface area (Å²) in [5.74, 6) is 0.446. The minimum Gasteiger partial charge on any atom is -0.361 e. The summed E-state index contributed by atoms with van der Waals surface area (Å²) in [5, 5.41) is 5.58. The Bertz CT molecular complexity index is 638. The van der Waals surface area contributed by atoms with Crippen LogP contribution in [0, 0.1) is 5.92 Å². The quantitative estimate of drug-likeness (QED) is 0.494. The van der Waals surface area contributed by atoms with Gasteiger partial charge < -0.3 is 5.32 Å². The van der Waals surface area contributed by atoms with Crippen LogP contribution < -0.4 is 16.2 Å². The van der Waals surface area contributed by atoms with Crippen molar-refractivity contribution in [3.63, 3.8) is 0 Å². The smallest absolute Gasteiger partial charge is 0.244 e. The molecule has 2 aromatic heterocycles. The molecule has 0 aliphatic rings. The van der Waals surface area contributed by atoms with E-state index in [-0.39, 0.29) is 12.3 Å². The highest BCUT2D eigenvalue weighted by molar-refractivity contribution is 7.80. The SMILES string of the molecule is CCCC[C@H](CC)CNC(=S)NNC(=O)Cc1cn2ccsc2n1. The number of amides is 1. The number of thiazole rings is 1. The van der Waals surface area contributed by atoms with Gasteiger partial charge in [0.2, 0.25) is 5.91 Å². The fourth-order valence-corrected chi connectivity index (χ4v) is 3.27. The van der Waals surface area contributed by atoms with E-state index in [1.807, 2.05) is 22.2 Å². The Kier molecular flexibility index (Phi) is 7.45. The summed E-state index contributed by atoms with van der Waals surface area (Å²) in [4.78, 5) is 17.2. The standard InChI is InChI=1S/C16H25N5OS2/c1-3-5-6-12(4-2)10-17-15(23)20-19-14(22)9-13-11-21-7-8-24-16(21)18-13/h7-8,11-12H,3-6,9-10H2,1-2H3,(H,19,22)(H2,17,20,23)/t12-/m0/s1. The molecular weight excluding hydrogens is 342 g/mol. The molecule has 1 amide bonds. The van der Waals surface area contributed by atoms with Crippen molar-refractivity contribution in [2.75, 3.05) is 6.54 Å². The average molecular weight is 368 g/mol. The van der Waals surface area contributed by atoms with Crippen LogP contribution in [0.1, 0.15) is 45.2 Å². The first-order chi connectivity index (χ1) is 11.6. The summed E-state index contributed by atoms with van der Waals surface area (Å²) in [5.41, 5.74) is 6.11. The lowest BCUT2D eigenvalue weighted by atomic mass is 9.99. The topological polar surface area (TPSA) is 70.5 Å². The predicted molar refractivity (Wildman–Crippen MR) is 102 cm³/mol. The van der Waals surface area contributed by atoms with E-state index in [2.05, 4.69) is 35.0 Å². The second-order valence-corrected chi connectivity index (χ2v) is 7.08. The number of carbonyl (C=O) groups excluding carboxylic acids is 1. The molecule has 0 unspecified atom stereocenters. The van der Waals surface area contributed by atoms with Crippen LogP contribution in [0.5, 0.6) is 0 Å². The highest BCUT2D eigenvalue weighted by Gasteiger charge is 2.09. The average Bonchev–Trinajstić information content (AvgIpc) is 3.14. The van der Waals surface area contributed by atoms with Crippen molar-refractivity contribution >= 4 is 39.5 Å². The molecule has 6 nitrogen and oxygen atoms in total. The molecule has 3 N–H and O–H groups in total. The summed E-state index contributed by atoms with van der Waals surface area (Å²) < 4.78 is 1.91. The van der Waals surface area contributed by atoms with Gasteiger partial charge in [0.25, 0.3) is 0 Å². The molecule has 0 aliphatic carbocycles. The van der Waals surface area contributed by atoms with E-state index in [0.717, 1.165) is 23.6 Å². The van der Waals surface area contributed by atoms with E-state index in [1.54, 1.807) is 11.3 Å². The largest absolute Gasteiger partial charge is 0.361 e. The van der Waals surface area contributed by atoms with Gasteiger partial charge in [-0.05, 0) is 24.6 Å². The van der Waals surface area contributed by atoms with Crippen LogP contribution in [0.4, 0.5) is 0 Å². The number of imidazole rings is 1. The maximum atomic E-state index is 11.9. The van der Waals surface area contributed by atoms with E-state index in [0.29, 0.717) is 11.0 Å². The van der Waals surface area contributed by atoms with Gasteiger partial charge in [-0.3, -0.25) is 20.0 Å². The monoisotopic (exact) mass is 367 g/mol. The summed E-state index contributed by atoms with van der Waals surface area (Å²) in [7, 11) is 0. The second-order valence-electron chi connectivity index (χ2n) is 5.80. The Morgan fingerprint density at radius 2 is 2.25 bits per heavy atom. The van der Waals surface area contributed by atoms with Crippen molar-refractivity contribution in [3.05, 3.63) is 23.5 Å². The van der Waals surface area contributed by atoms with Crippen LogP contribution in [-0.4, -0.2) is 26.9 Å². The number of nitrogens with one attached hydrogen (secondary N) is 3. The number of aromatic nitrogens is 2. The van der Waals surface area contributed by atoms with Crippen LogP contribution >= 0.6 is 23.6 Å². The minimum atomic E-state index is -0.164. The maximum Gasteiger partial charge on any atom is 0.244 e. The molecule has 8 heteroatoms. The van der Waals surface area contributed by atoms with Gasteiger partial charge in [0, 0.05) is 24.3 Å². The molecule has 24 heavy (non-hydrogen) atoms. The molecule has 1 atom stereocenters. The first-order valence-corrected chi connectivity index (χ1v) is 9.64. The molecule has 0 saturated heterocycles. The highest BCUT2D eigenvalue weighted by Crippen LogP contribution is 2.12. The third-order valence-corrected chi connectivity index (χ3v) is 4.91. The number of nitrogens with zero attached hydrogens (tertiary/aromatic N) is 2. The van der Waals surface area contributed by atoms with Gasteiger partial charge in [0.15, 0.2) is 10.1 Å². The molecule has 0 saturated carbocycles. The molecule has 2 rings (SSSR count). The Hall–Kier alpha value is -1.67. The molecule has 0 spiro atoms. The maximum absolute atomic E-state index is 11.9. The molecule has 2 aromatic rings. The van der Waals surface area contributed by atoms with Crippen LogP contribution in [0.25, 0.3) is 4.96 Å². The number of hydrazine groups is 1. The Morgan fingerprint density at radius 1 is 1.42 bits per heavy atom. The van der Waals surface area contributed by atoms with Crippen molar-refractivity contribution in [1.82, 2.24) is 25.6 Å². The first kappa shape index (κ1) is 18.7. The molecule has 0 radical (unpaired) electrons. The third-order valence-electron chi connectivity index (χ3n) is 3.89. The van der Waals surface area contributed by atoms with E-state index in [1.165, 1.54) is 19.3 Å². The zero-order valence-corrected chi connectivity index (χ0v) is 15.8. The van der Waals surface area contributed by atoms with Gasteiger partial charge in [-0.2, -0.15) is 0 Å². The Labute approximate surface area is 152 Å². The molecule has 0 bridgehead atoms. The van der Waals surface area contributed by atoms with E-state index >= 15 is 0 Å². The second kappa shape index (κ2) is 9.58. The summed E-state index contributed by atoms with van der Waals surface area (Å²) in [6.07, 6.45) is 8.78. The Balaban J connectivity index is 1.67. The fraction of sp³-hybridized carbons (Fsp3) is 0.562. The number of rotatable bonds is 8. The Morgan fingerprint density at radius 3 is 2.96 bits per heavy atom. The summed E-state index contributed by atoms with van der Waals surface area (Å²) in [6.45, 7) is 5.22. The molecule has 132 valence electrons. The number of hydrogen-bond acceptors (Lipinski definition) is 4. The third kappa shape index (κ3) is 5.76. The van der Waals surface area contributed by atoms with Gasteiger partial charge in [0.05, 0.1) is 12.1 Å². The van der Waals surface area contributed by atoms with Crippen molar-refractivity contribution in [1.29, 1.82) is 0 Å². The number of hydrogen-bond donors (Lipinski definition) is 3. The van der Waals surface area contributed by atoms with Crippen molar-refractivity contribution in [2.45, 2.75) is 46.0 Å². The lowest BCUT2D eigenvalue weighted by molar-refractivity contribution is -0.121. The summed E-state index contributed by atoms with van der Waals surface area (Å²) in [6, 6.07) is 0. The lowest BCUT2D eigenvalue weighted by Gasteiger charge is -2.17. The zero-order chi connectivity index (χ0) is 17.4. The molecule has 0 aromatic carbocycles. The number of fused-ring (bicyclic) bond motifs is 1. The van der Waals surface area contributed by atoms with Gasteiger partial charge in [-0.25, -0.2) is 4.98 Å². The minimum absolute atomic E-state index is 0.164. The van der Waals surface area contributed by atoms with Gasteiger partial charge in [-0.1, -0.05) is 33.1 Å². The van der Waals surface area contributed by atoms with Crippen molar-refractivity contribution in [3.8, 4) is 0 Å². The van der Waals surface area contributed by atoms with Crippen LogP contribution in [0.3, 0.4) is 0 Å². The first-order valence-electron chi connectivity index (χ1n) is 8.36. The van der Waals surface area contributed by atoms with Crippen molar-refractivity contribution < 1.29 is 4.79 Å². The molecular formula is C16H25N5OS2. The molecule has 0 fully saturated rings. The van der Waals surface area contributed by atoms with Crippen LogP contribution in [-0.2, 0) is 11.2 Å². The number of thiocarbonyl (C=S) groups is 1. The predicted octanol–water partition coefficient (Wildman–Crippen LogP) is 2.65. The van der Waals surface area contributed by atoms with Gasteiger partial charge in [0.1, 0.15) is 0 Å². The van der Waals surface area contributed by atoms with Gasteiger partial charge >= 0.3 is 0 Å². The lowest BCUT2D eigenvalue weighted by Crippen LogP contribution is -2.48. The van der Waals surface area contributed by atoms with E-state index in [9.17, 15) is 4.79 Å². The van der Waals surface area contributed by atoms with Crippen molar-refractivity contribution in [2.24, 2.45) is 5.92 Å². The van der Waals surface area contributed by atoms with E-state index in [4.69, 9.17) is 12.2 Å². The van der Waals surface area contributed by atoms with E-state index < -0.39 is 0 Å². The highest BCUT2D eigenvalue weighted by atomic mass is 32.1. The molecule has 2 heterocycles. The number of unbranched alkanes of at least 4 members (excludes halogenated alkanes) is 1. The summed E-state index contributed by atoms with van der Waals surface area (Å²) >= 11 is 6.74. The fourth-order valence-electron chi connectivity index (χ4n) is 2.42. The van der Waals surface area contributed by atoms with Gasteiger partial charge in [-0.15, -0.1) is 11.3 Å². The normalized spacial score (nSPS) is 12.1. The van der Waals surface area contributed by atoms with Crippen LogP contribution in [0.15, 0.2) is 17.8 Å². The zero-order valence-electron chi connectivity index (χ0n) is 14.2.